The summed E-state index contributed by atoms with van der Waals surface area (Å²) in [6.45, 7) is 0. The highest BCUT2D eigenvalue weighted by Gasteiger charge is 2.37. The number of nitrogens with one attached hydrogen (secondary N) is 1. The second-order valence-corrected chi connectivity index (χ2v) is 10.8. The Morgan fingerprint density at radius 3 is 1.93 bits per heavy atom. The lowest BCUT2D eigenvalue weighted by atomic mass is 10.0. The lowest BCUT2D eigenvalue weighted by Crippen LogP contribution is -2.46. The number of nitrogens with zero attached hydrogens (tertiary/aromatic N) is 2. The van der Waals surface area contributed by atoms with E-state index in [-0.39, 0.29) is 22.5 Å². The fourth-order valence-corrected chi connectivity index (χ4v) is 5.96. The summed E-state index contributed by atoms with van der Waals surface area (Å²) in [5, 5.41) is 3.20. The number of amides is 2. The summed E-state index contributed by atoms with van der Waals surface area (Å²) in [6.07, 6.45) is 3.94. The standard InChI is InChI=1S/C32H34N4O5S/c1-39-24-14-8-20(9-15-24)28-27(33)30(42-35-28)32(38)36(23-12-18-26(41-3)19-13-23)29(21-10-16-25(40-2)17-11-21)31(37)34-22-6-4-5-7-22/h8-19,22,29H,4-7,33H2,1-3H3,(H,34,37)/t29-/m1/s1. The van der Waals surface area contributed by atoms with Crippen molar-refractivity contribution in [2.24, 2.45) is 0 Å². The lowest BCUT2D eigenvalue weighted by molar-refractivity contribution is -0.123. The van der Waals surface area contributed by atoms with E-state index in [0.29, 0.717) is 34.2 Å². The van der Waals surface area contributed by atoms with Crippen LogP contribution in [0.15, 0.2) is 72.8 Å². The molecule has 5 rings (SSSR count). The van der Waals surface area contributed by atoms with E-state index in [1.54, 1.807) is 69.9 Å². The topological polar surface area (TPSA) is 116 Å². The number of methoxy groups -OCH3 is 3. The van der Waals surface area contributed by atoms with Crippen molar-refractivity contribution in [1.82, 2.24) is 9.69 Å². The van der Waals surface area contributed by atoms with E-state index in [4.69, 9.17) is 19.9 Å². The number of carbonyl (C=O) groups excluding carboxylic acids is 2. The Morgan fingerprint density at radius 2 is 1.38 bits per heavy atom. The van der Waals surface area contributed by atoms with Gasteiger partial charge in [0.25, 0.3) is 5.91 Å². The van der Waals surface area contributed by atoms with Gasteiger partial charge in [0, 0.05) is 17.3 Å². The van der Waals surface area contributed by atoms with Crippen LogP contribution in [0.5, 0.6) is 17.2 Å². The molecule has 218 valence electrons. The molecule has 0 radical (unpaired) electrons. The van der Waals surface area contributed by atoms with Crippen molar-refractivity contribution in [2.75, 3.05) is 32.0 Å². The van der Waals surface area contributed by atoms with Gasteiger partial charge >= 0.3 is 0 Å². The fourth-order valence-electron chi connectivity index (χ4n) is 5.20. The molecule has 0 saturated heterocycles. The van der Waals surface area contributed by atoms with Crippen molar-refractivity contribution in [3.05, 3.63) is 83.2 Å². The number of rotatable bonds is 10. The van der Waals surface area contributed by atoms with E-state index >= 15 is 0 Å². The number of aromatic nitrogens is 1. The molecule has 10 heteroatoms. The summed E-state index contributed by atoms with van der Waals surface area (Å²) >= 11 is 1.01. The van der Waals surface area contributed by atoms with E-state index in [2.05, 4.69) is 9.69 Å². The molecule has 2 amide bonds. The third-order valence-corrected chi connectivity index (χ3v) is 8.35. The van der Waals surface area contributed by atoms with E-state index in [1.807, 2.05) is 24.3 Å². The number of anilines is 2. The Bertz CT molecular complexity index is 1510. The van der Waals surface area contributed by atoms with Crippen LogP contribution in [0.2, 0.25) is 0 Å². The molecule has 9 nitrogen and oxygen atoms in total. The van der Waals surface area contributed by atoms with Crippen LogP contribution in [-0.4, -0.2) is 43.6 Å². The molecule has 3 N–H and O–H groups in total. The van der Waals surface area contributed by atoms with Gasteiger partial charge in [-0.1, -0.05) is 25.0 Å². The summed E-state index contributed by atoms with van der Waals surface area (Å²) in [4.78, 5) is 30.3. The molecule has 0 bridgehead atoms. The minimum absolute atomic E-state index is 0.0567. The number of carbonyl (C=O) groups is 2. The van der Waals surface area contributed by atoms with Crippen molar-refractivity contribution in [2.45, 2.75) is 37.8 Å². The van der Waals surface area contributed by atoms with Gasteiger partial charge in [0.2, 0.25) is 5.91 Å². The summed E-state index contributed by atoms with van der Waals surface area (Å²) in [7, 11) is 4.75. The van der Waals surface area contributed by atoms with Crippen LogP contribution in [0.1, 0.15) is 47.0 Å². The molecule has 1 aliphatic rings. The largest absolute Gasteiger partial charge is 0.497 e. The lowest BCUT2D eigenvalue weighted by Gasteiger charge is -2.32. The first-order valence-electron chi connectivity index (χ1n) is 13.7. The van der Waals surface area contributed by atoms with Gasteiger partial charge in [-0.05, 0) is 90.6 Å². The zero-order chi connectivity index (χ0) is 29.6. The minimum Gasteiger partial charge on any atom is -0.497 e. The van der Waals surface area contributed by atoms with Gasteiger partial charge in [-0.2, -0.15) is 4.37 Å². The average Bonchev–Trinajstić information content (AvgIpc) is 3.69. The van der Waals surface area contributed by atoms with Gasteiger partial charge in [0.05, 0.1) is 27.0 Å². The van der Waals surface area contributed by atoms with Crippen LogP contribution >= 0.6 is 11.5 Å². The first-order chi connectivity index (χ1) is 20.4. The third-order valence-electron chi connectivity index (χ3n) is 7.49. The molecule has 1 saturated carbocycles. The average molecular weight is 587 g/mol. The maximum absolute atomic E-state index is 14.5. The Morgan fingerprint density at radius 1 is 0.857 bits per heavy atom. The van der Waals surface area contributed by atoms with Crippen molar-refractivity contribution in [1.29, 1.82) is 0 Å². The van der Waals surface area contributed by atoms with Crippen molar-refractivity contribution < 1.29 is 23.8 Å². The second-order valence-electron chi connectivity index (χ2n) is 10.0. The number of nitrogen functional groups attached to an aromatic ring is 1. The van der Waals surface area contributed by atoms with E-state index in [1.165, 1.54) is 4.90 Å². The van der Waals surface area contributed by atoms with Crippen molar-refractivity contribution in [3.8, 4) is 28.5 Å². The minimum atomic E-state index is -0.983. The van der Waals surface area contributed by atoms with E-state index in [0.717, 1.165) is 42.8 Å². The molecule has 1 fully saturated rings. The number of hydrogen-bond donors (Lipinski definition) is 2. The molecule has 1 aliphatic carbocycles. The van der Waals surface area contributed by atoms with Gasteiger partial charge in [0.1, 0.15) is 33.9 Å². The molecular weight excluding hydrogens is 552 g/mol. The van der Waals surface area contributed by atoms with Gasteiger partial charge in [-0.25, -0.2) is 0 Å². The summed E-state index contributed by atoms with van der Waals surface area (Å²) in [5.74, 6) is 1.27. The molecule has 42 heavy (non-hydrogen) atoms. The smallest absolute Gasteiger partial charge is 0.273 e. The Labute approximate surface area is 249 Å². The van der Waals surface area contributed by atoms with Crippen LogP contribution in [0.4, 0.5) is 11.4 Å². The highest BCUT2D eigenvalue weighted by molar-refractivity contribution is 7.09. The first-order valence-corrected chi connectivity index (χ1v) is 14.5. The molecular formula is C32H34N4O5S. The Hall–Kier alpha value is -4.57. The van der Waals surface area contributed by atoms with Crippen LogP contribution in [0.25, 0.3) is 11.3 Å². The Kier molecular flexibility index (Phi) is 8.92. The first kappa shape index (κ1) is 28.9. The van der Waals surface area contributed by atoms with Gasteiger partial charge in [-0.15, -0.1) is 0 Å². The molecule has 1 heterocycles. The molecule has 0 aliphatic heterocycles. The van der Waals surface area contributed by atoms with Gasteiger partial charge in [0.15, 0.2) is 0 Å². The van der Waals surface area contributed by atoms with E-state index < -0.39 is 11.9 Å². The summed E-state index contributed by atoms with van der Waals surface area (Å²) < 4.78 is 20.5. The zero-order valence-corrected chi connectivity index (χ0v) is 24.6. The molecule has 0 unspecified atom stereocenters. The highest BCUT2D eigenvalue weighted by atomic mass is 32.1. The predicted octanol–water partition coefficient (Wildman–Crippen LogP) is 5.87. The molecule has 0 spiro atoms. The molecule has 4 aromatic rings. The van der Waals surface area contributed by atoms with Gasteiger partial charge in [-0.3, -0.25) is 14.5 Å². The summed E-state index contributed by atoms with van der Waals surface area (Å²) in [6, 6.07) is 20.6. The van der Waals surface area contributed by atoms with Gasteiger partial charge < -0.3 is 25.3 Å². The van der Waals surface area contributed by atoms with Crippen LogP contribution < -0.4 is 30.2 Å². The molecule has 1 atom stereocenters. The van der Waals surface area contributed by atoms with Crippen molar-refractivity contribution in [3.63, 3.8) is 0 Å². The third kappa shape index (κ3) is 6.03. The Balaban J connectivity index is 1.60. The molecule has 3 aromatic carbocycles. The van der Waals surface area contributed by atoms with Crippen LogP contribution in [0.3, 0.4) is 0 Å². The second kappa shape index (κ2) is 12.9. The maximum atomic E-state index is 14.5. The number of nitrogens with two attached hydrogens (primary N) is 1. The monoisotopic (exact) mass is 586 g/mol. The van der Waals surface area contributed by atoms with E-state index in [9.17, 15) is 9.59 Å². The number of hydrogen-bond acceptors (Lipinski definition) is 8. The molecule has 1 aromatic heterocycles. The number of ether oxygens (including phenoxy) is 3. The van der Waals surface area contributed by atoms with Crippen LogP contribution in [0, 0.1) is 0 Å². The predicted molar refractivity (Wildman–Crippen MR) is 164 cm³/mol. The normalized spacial score (nSPS) is 13.8. The zero-order valence-electron chi connectivity index (χ0n) is 23.8. The summed E-state index contributed by atoms with van der Waals surface area (Å²) in [5.41, 5.74) is 9.23. The maximum Gasteiger partial charge on any atom is 0.273 e. The fraction of sp³-hybridized carbons (Fsp3) is 0.281. The van der Waals surface area contributed by atoms with Crippen LogP contribution in [-0.2, 0) is 4.79 Å². The quantitative estimate of drug-likeness (QED) is 0.239. The SMILES string of the molecule is COc1ccc(-c2nsc(C(=O)N(c3ccc(OC)cc3)[C@@H](C(=O)NC3CCCC3)c3ccc(OC)cc3)c2N)cc1. The highest BCUT2D eigenvalue weighted by Crippen LogP contribution is 2.37. The number of benzene rings is 3. The van der Waals surface area contributed by atoms with Crippen molar-refractivity contribution >= 4 is 34.7 Å².